The van der Waals surface area contributed by atoms with Gasteiger partial charge in [-0.3, -0.25) is 14.6 Å². The molecule has 4 N–H and O–H groups in total. The summed E-state index contributed by atoms with van der Waals surface area (Å²) < 4.78 is 0. The minimum atomic E-state index is -0.670. The Balaban J connectivity index is 1.33. The van der Waals surface area contributed by atoms with Gasteiger partial charge < -0.3 is 20.5 Å². The number of H-pyrrole nitrogens is 2. The minimum absolute atomic E-state index is 0.0203. The zero-order chi connectivity index (χ0) is 23.0. The molecule has 33 heavy (non-hydrogen) atoms. The summed E-state index contributed by atoms with van der Waals surface area (Å²) in [5, 5.41) is 6.13. The quantitative estimate of drug-likeness (QED) is 0.460. The number of nitrogens with one attached hydrogen (secondary N) is 4. The highest BCUT2D eigenvalue weighted by Crippen LogP contribution is 2.32. The molecule has 2 aliphatic rings. The lowest BCUT2D eigenvalue weighted by atomic mass is 9.82. The molecule has 1 aromatic carbocycles. The Morgan fingerprint density at radius 3 is 2.42 bits per heavy atom. The van der Waals surface area contributed by atoms with Crippen LogP contribution in [0.4, 0.5) is 5.69 Å². The lowest BCUT2D eigenvalue weighted by Crippen LogP contribution is -2.40. The molecule has 1 saturated carbocycles. The highest BCUT2D eigenvalue weighted by molar-refractivity contribution is 5.97. The molecule has 0 radical (unpaired) electrons. The zero-order valence-corrected chi connectivity index (χ0v) is 19.2. The molecule has 2 heterocycles. The largest absolute Gasteiger partial charge is 0.379 e. The summed E-state index contributed by atoms with van der Waals surface area (Å²) in [5.41, 5.74) is 0.277. The Hall–Kier alpha value is -2.87. The van der Waals surface area contributed by atoms with Crippen LogP contribution in [0, 0.1) is 0 Å². The number of piperidine rings is 1. The van der Waals surface area contributed by atoms with Crippen LogP contribution in [-0.4, -0.2) is 53.0 Å². The average molecular weight is 454 g/mol. The molecule has 1 amide bonds. The van der Waals surface area contributed by atoms with Crippen LogP contribution in [0.25, 0.3) is 0 Å². The minimum Gasteiger partial charge on any atom is -0.379 e. The molecule has 1 saturated heterocycles. The molecule has 0 unspecified atom stereocenters. The van der Waals surface area contributed by atoms with Crippen LogP contribution in [0.1, 0.15) is 73.3 Å². The van der Waals surface area contributed by atoms with Crippen molar-refractivity contribution in [1.82, 2.24) is 20.2 Å². The normalized spacial score (nSPS) is 21.5. The first-order valence-corrected chi connectivity index (χ1v) is 12.3. The fraction of sp³-hybridized carbons (Fsp3) is 0.560. The third-order valence-corrected chi connectivity index (χ3v) is 6.90. The van der Waals surface area contributed by atoms with Crippen LogP contribution < -0.4 is 21.9 Å². The molecular weight excluding hydrogens is 418 g/mol. The van der Waals surface area contributed by atoms with Crippen LogP contribution in [0.2, 0.25) is 0 Å². The van der Waals surface area contributed by atoms with Gasteiger partial charge in [0.05, 0.1) is 0 Å². The number of carbonyl (C=O) groups is 1. The summed E-state index contributed by atoms with van der Waals surface area (Å²) in [4.78, 5) is 44.5. The van der Waals surface area contributed by atoms with E-state index in [4.69, 9.17) is 0 Å². The number of anilines is 1. The molecule has 1 aliphatic carbocycles. The van der Waals surface area contributed by atoms with E-state index in [2.05, 4.69) is 49.8 Å². The van der Waals surface area contributed by atoms with Crippen LogP contribution in [0.3, 0.4) is 0 Å². The maximum absolute atomic E-state index is 13.0. The molecule has 4 rings (SSSR count). The number of amides is 1. The van der Waals surface area contributed by atoms with Gasteiger partial charge in [-0.2, -0.15) is 0 Å². The van der Waals surface area contributed by atoms with Gasteiger partial charge in [-0.25, -0.2) is 4.79 Å². The first-order valence-electron chi connectivity index (χ1n) is 12.3. The molecule has 8 nitrogen and oxygen atoms in total. The monoisotopic (exact) mass is 453 g/mol. The third kappa shape index (κ3) is 6.35. The van der Waals surface area contributed by atoms with Gasteiger partial charge in [-0.1, -0.05) is 36.8 Å². The number of carbonyl (C=O) groups excluding carboxylic acids is 1. The van der Waals surface area contributed by atoms with E-state index in [1.165, 1.54) is 24.8 Å². The zero-order valence-electron chi connectivity index (χ0n) is 19.2. The van der Waals surface area contributed by atoms with Gasteiger partial charge in [0.15, 0.2) is 0 Å². The summed E-state index contributed by atoms with van der Waals surface area (Å²) >= 11 is 0. The van der Waals surface area contributed by atoms with Crippen molar-refractivity contribution in [3.8, 4) is 0 Å². The fourth-order valence-corrected chi connectivity index (χ4v) is 5.08. The second-order valence-corrected chi connectivity index (χ2v) is 9.27. The lowest BCUT2D eigenvalue weighted by Gasteiger charge is -2.29. The molecule has 178 valence electrons. The van der Waals surface area contributed by atoms with E-state index in [0.717, 1.165) is 51.7 Å². The number of aromatic nitrogens is 2. The first-order chi connectivity index (χ1) is 16.1. The van der Waals surface area contributed by atoms with E-state index in [1.54, 1.807) is 0 Å². The van der Waals surface area contributed by atoms with Gasteiger partial charge in [0.25, 0.3) is 11.5 Å². The van der Waals surface area contributed by atoms with E-state index in [0.29, 0.717) is 12.5 Å². The van der Waals surface area contributed by atoms with Crippen molar-refractivity contribution in [2.45, 2.75) is 63.3 Å². The summed E-state index contributed by atoms with van der Waals surface area (Å²) in [7, 11) is 0. The number of benzene rings is 1. The molecular formula is C25H35N5O3. The highest BCUT2D eigenvalue weighted by atomic mass is 16.2. The third-order valence-electron chi connectivity index (χ3n) is 6.90. The van der Waals surface area contributed by atoms with Crippen molar-refractivity contribution in [3.05, 3.63) is 62.4 Å². The summed E-state index contributed by atoms with van der Waals surface area (Å²) in [6.45, 7) is 3.77. The average Bonchev–Trinajstić information content (AvgIpc) is 2.84. The highest BCUT2D eigenvalue weighted by Gasteiger charge is 2.25. The van der Waals surface area contributed by atoms with Crippen LogP contribution in [0.15, 0.2) is 39.9 Å². The topological polar surface area (TPSA) is 110 Å². The maximum atomic E-state index is 13.0. The summed E-state index contributed by atoms with van der Waals surface area (Å²) in [6, 6.07) is 10.5. The van der Waals surface area contributed by atoms with E-state index in [-0.39, 0.29) is 17.4 Å². The van der Waals surface area contributed by atoms with Crippen molar-refractivity contribution in [3.63, 3.8) is 0 Å². The van der Waals surface area contributed by atoms with Crippen molar-refractivity contribution in [2.24, 2.45) is 0 Å². The smallest absolute Gasteiger partial charge is 0.326 e. The van der Waals surface area contributed by atoms with E-state index < -0.39 is 17.2 Å². The molecule has 1 aliphatic heterocycles. The Labute approximate surface area is 194 Å². The Morgan fingerprint density at radius 1 is 0.970 bits per heavy atom. The van der Waals surface area contributed by atoms with Crippen molar-refractivity contribution in [1.29, 1.82) is 0 Å². The van der Waals surface area contributed by atoms with Gasteiger partial charge in [-0.15, -0.1) is 0 Å². The second kappa shape index (κ2) is 11.3. The van der Waals surface area contributed by atoms with Crippen molar-refractivity contribution >= 4 is 11.6 Å². The molecule has 1 aromatic heterocycles. The number of nitrogens with zero attached hydrogens (tertiary/aromatic N) is 1. The lowest BCUT2D eigenvalue weighted by molar-refractivity contribution is 0.0921. The van der Waals surface area contributed by atoms with Crippen LogP contribution >= 0.6 is 0 Å². The van der Waals surface area contributed by atoms with Crippen LogP contribution in [-0.2, 0) is 0 Å². The molecule has 8 heteroatoms. The number of rotatable bonds is 8. The number of hydrogen-bond acceptors (Lipinski definition) is 5. The van der Waals surface area contributed by atoms with E-state index >= 15 is 0 Å². The molecule has 2 fully saturated rings. The Kier molecular flexibility index (Phi) is 7.99. The standard InChI is InChI=1S/C25H35N5O3/c31-23-21(26-14-7-17-30-15-5-2-6-16-30)22(28-25(33)29-23)24(32)27-20-12-10-19(11-13-20)18-8-3-1-4-9-18/h1,3-4,8-9,19-20,26H,2,5-7,10-17H2,(H,27,32)(H2,28,29,31,33)/t19-,20+. The molecule has 0 bridgehead atoms. The van der Waals surface area contributed by atoms with Gasteiger partial charge in [-0.05, 0) is 76.1 Å². The predicted octanol–water partition coefficient (Wildman–Crippen LogP) is 2.81. The fourth-order valence-electron chi connectivity index (χ4n) is 5.08. The van der Waals surface area contributed by atoms with E-state index in [1.807, 2.05) is 6.07 Å². The van der Waals surface area contributed by atoms with E-state index in [9.17, 15) is 14.4 Å². The van der Waals surface area contributed by atoms with Gasteiger partial charge in [0.2, 0.25) is 0 Å². The SMILES string of the molecule is O=C(N[C@H]1CC[C@@H](c2ccccc2)CC1)c1[nH]c(=O)[nH]c(=O)c1NCCCN1CCCCC1. The van der Waals surface area contributed by atoms with Gasteiger partial charge in [0, 0.05) is 12.6 Å². The van der Waals surface area contributed by atoms with Crippen LogP contribution in [0.5, 0.6) is 0 Å². The second-order valence-electron chi connectivity index (χ2n) is 9.27. The molecule has 0 atom stereocenters. The van der Waals surface area contributed by atoms with Gasteiger partial charge in [0.1, 0.15) is 11.4 Å². The first kappa shape index (κ1) is 23.3. The number of aromatic amines is 2. The molecule has 2 aromatic rings. The maximum Gasteiger partial charge on any atom is 0.326 e. The Morgan fingerprint density at radius 2 is 1.70 bits per heavy atom. The van der Waals surface area contributed by atoms with Crippen molar-refractivity contribution < 1.29 is 4.79 Å². The van der Waals surface area contributed by atoms with Gasteiger partial charge >= 0.3 is 5.69 Å². The Bertz CT molecular complexity index is 1020. The molecule has 0 spiro atoms. The summed E-state index contributed by atoms with van der Waals surface area (Å²) in [6.07, 6.45) is 8.39. The number of likely N-dealkylation sites (tertiary alicyclic amines) is 1. The number of hydrogen-bond donors (Lipinski definition) is 4. The predicted molar refractivity (Wildman–Crippen MR) is 130 cm³/mol. The summed E-state index contributed by atoms with van der Waals surface area (Å²) in [5.74, 6) is 0.107. The van der Waals surface area contributed by atoms with Crippen molar-refractivity contribution in [2.75, 3.05) is 31.5 Å².